The molecule has 0 atom stereocenters. The summed E-state index contributed by atoms with van der Waals surface area (Å²) >= 11 is 1.66. The van der Waals surface area contributed by atoms with Gasteiger partial charge in [0.2, 0.25) is 0 Å². The maximum Gasteiger partial charge on any atom is 0.131 e. The van der Waals surface area contributed by atoms with Crippen molar-refractivity contribution < 1.29 is 0 Å². The molecule has 3 rings (SSSR count). The van der Waals surface area contributed by atoms with Crippen LogP contribution in [0.3, 0.4) is 0 Å². The zero-order valence-electron chi connectivity index (χ0n) is 10.6. The second-order valence-electron chi connectivity index (χ2n) is 4.92. The summed E-state index contributed by atoms with van der Waals surface area (Å²) in [5, 5.41) is 3.15. The molecule has 2 aromatic rings. The lowest BCUT2D eigenvalue weighted by Gasteiger charge is -2.19. The van der Waals surface area contributed by atoms with E-state index < -0.39 is 0 Å². The monoisotopic (exact) mass is 259 g/mol. The molecule has 3 nitrogen and oxygen atoms in total. The Labute approximate surface area is 111 Å². The molecule has 4 heteroatoms. The topological polar surface area (TPSA) is 38.7 Å². The third-order valence-electron chi connectivity index (χ3n) is 3.56. The van der Waals surface area contributed by atoms with E-state index in [4.69, 9.17) is 0 Å². The number of thiazole rings is 1. The van der Waals surface area contributed by atoms with Crippen molar-refractivity contribution in [3.8, 4) is 11.3 Å². The second kappa shape index (κ2) is 5.14. The third kappa shape index (κ3) is 2.43. The summed E-state index contributed by atoms with van der Waals surface area (Å²) in [6.07, 6.45) is 10.3. The van der Waals surface area contributed by atoms with Crippen molar-refractivity contribution in [1.29, 1.82) is 0 Å². The summed E-state index contributed by atoms with van der Waals surface area (Å²) < 4.78 is 0. The van der Waals surface area contributed by atoms with Gasteiger partial charge in [-0.3, -0.25) is 0 Å². The first-order valence-electron chi connectivity index (χ1n) is 6.57. The molecular formula is C14H17N3S. The van der Waals surface area contributed by atoms with Gasteiger partial charge in [0.05, 0.1) is 10.7 Å². The molecule has 0 saturated heterocycles. The second-order valence-corrected chi connectivity index (χ2v) is 5.98. The Balaban J connectivity index is 1.80. The summed E-state index contributed by atoms with van der Waals surface area (Å²) in [6.45, 7) is 2.02. The van der Waals surface area contributed by atoms with E-state index in [0.29, 0.717) is 5.92 Å². The Hall–Kier alpha value is -1.29. The largest absolute Gasteiger partial charge is 0.241 e. The molecule has 0 aliphatic heterocycles. The number of hydrogen-bond acceptors (Lipinski definition) is 4. The van der Waals surface area contributed by atoms with Crippen molar-refractivity contribution in [3.63, 3.8) is 0 Å². The molecule has 1 aliphatic rings. The molecule has 18 heavy (non-hydrogen) atoms. The molecule has 0 N–H and O–H groups in total. The first-order chi connectivity index (χ1) is 8.83. The number of nitrogens with zero attached hydrogens (tertiary/aromatic N) is 3. The van der Waals surface area contributed by atoms with E-state index >= 15 is 0 Å². The quantitative estimate of drug-likeness (QED) is 0.819. The van der Waals surface area contributed by atoms with Crippen molar-refractivity contribution >= 4 is 11.3 Å². The minimum absolute atomic E-state index is 0.574. The zero-order valence-corrected chi connectivity index (χ0v) is 11.4. The Kier molecular flexibility index (Phi) is 3.37. The van der Waals surface area contributed by atoms with Crippen LogP contribution in [0.15, 0.2) is 17.8 Å². The molecule has 0 bridgehead atoms. The maximum atomic E-state index is 4.54. The smallest absolute Gasteiger partial charge is 0.131 e. The number of aryl methyl sites for hydroxylation is 1. The first-order valence-corrected chi connectivity index (χ1v) is 7.45. The molecule has 0 aromatic carbocycles. The van der Waals surface area contributed by atoms with E-state index in [1.54, 1.807) is 11.3 Å². The van der Waals surface area contributed by atoms with Gasteiger partial charge < -0.3 is 0 Å². The molecule has 2 aromatic heterocycles. The average molecular weight is 259 g/mol. The third-order valence-corrected chi connectivity index (χ3v) is 4.33. The lowest BCUT2D eigenvalue weighted by molar-refractivity contribution is 0.428. The van der Waals surface area contributed by atoms with E-state index in [1.165, 1.54) is 32.1 Å². The Morgan fingerprint density at radius 1 is 1.11 bits per heavy atom. The molecule has 1 aliphatic carbocycles. The molecule has 2 heterocycles. The lowest BCUT2D eigenvalue weighted by Crippen LogP contribution is -2.08. The maximum absolute atomic E-state index is 4.54. The standard InChI is InChI=1S/C14H17N3S/c1-10-17-13(9-18-10)12-7-15-14(16-8-12)11-5-3-2-4-6-11/h7-9,11H,2-6H2,1H3. The van der Waals surface area contributed by atoms with Gasteiger partial charge in [0.25, 0.3) is 0 Å². The van der Waals surface area contributed by atoms with Crippen LogP contribution in [0.25, 0.3) is 11.3 Å². The van der Waals surface area contributed by atoms with E-state index in [9.17, 15) is 0 Å². The van der Waals surface area contributed by atoms with Gasteiger partial charge in [-0.2, -0.15) is 0 Å². The molecule has 0 unspecified atom stereocenters. The van der Waals surface area contributed by atoms with E-state index in [2.05, 4.69) is 20.3 Å². The van der Waals surface area contributed by atoms with Crippen molar-refractivity contribution in [2.75, 3.05) is 0 Å². The van der Waals surface area contributed by atoms with Gasteiger partial charge in [-0.05, 0) is 19.8 Å². The highest BCUT2D eigenvalue weighted by Gasteiger charge is 2.18. The highest BCUT2D eigenvalue weighted by Crippen LogP contribution is 2.31. The molecular weight excluding hydrogens is 242 g/mol. The SMILES string of the molecule is Cc1nc(-c2cnc(C3CCCCC3)nc2)cs1. The van der Waals surface area contributed by atoms with Crippen LogP contribution < -0.4 is 0 Å². The molecule has 0 amide bonds. The average Bonchev–Trinajstić information content (AvgIpc) is 2.87. The highest BCUT2D eigenvalue weighted by atomic mass is 32.1. The summed E-state index contributed by atoms with van der Waals surface area (Å²) in [5.41, 5.74) is 2.02. The molecule has 0 spiro atoms. The van der Waals surface area contributed by atoms with Gasteiger partial charge in [0, 0.05) is 29.3 Å². The fraction of sp³-hybridized carbons (Fsp3) is 0.500. The number of aromatic nitrogens is 3. The fourth-order valence-corrected chi connectivity index (χ4v) is 3.16. The Bertz CT molecular complexity index is 512. The lowest BCUT2D eigenvalue weighted by atomic mass is 9.89. The van der Waals surface area contributed by atoms with Crippen LogP contribution in [0.5, 0.6) is 0 Å². The van der Waals surface area contributed by atoms with Gasteiger partial charge >= 0.3 is 0 Å². The van der Waals surface area contributed by atoms with Crippen LogP contribution in [0, 0.1) is 6.92 Å². The Morgan fingerprint density at radius 3 is 2.44 bits per heavy atom. The minimum atomic E-state index is 0.574. The summed E-state index contributed by atoms with van der Waals surface area (Å²) in [6, 6.07) is 0. The van der Waals surface area contributed by atoms with Crippen molar-refractivity contribution in [3.05, 3.63) is 28.6 Å². The summed E-state index contributed by atoms with van der Waals surface area (Å²) in [4.78, 5) is 13.5. The highest BCUT2D eigenvalue weighted by molar-refractivity contribution is 7.09. The van der Waals surface area contributed by atoms with Crippen LogP contribution in [-0.2, 0) is 0 Å². The zero-order chi connectivity index (χ0) is 12.4. The van der Waals surface area contributed by atoms with E-state index in [0.717, 1.165) is 22.1 Å². The van der Waals surface area contributed by atoms with Gasteiger partial charge in [0.1, 0.15) is 5.82 Å². The van der Waals surface area contributed by atoms with Crippen LogP contribution in [0.1, 0.15) is 48.9 Å². The van der Waals surface area contributed by atoms with Gasteiger partial charge in [-0.1, -0.05) is 19.3 Å². The first kappa shape index (κ1) is 11.8. The van der Waals surface area contributed by atoms with Crippen molar-refractivity contribution in [2.45, 2.75) is 44.9 Å². The fourth-order valence-electron chi connectivity index (χ4n) is 2.54. The van der Waals surface area contributed by atoms with Crippen molar-refractivity contribution in [2.24, 2.45) is 0 Å². The predicted molar refractivity (Wildman–Crippen MR) is 73.7 cm³/mol. The summed E-state index contributed by atoms with van der Waals surface area (Å²) in [5.74, 6) is 1.59. The van der Waals surface area contributed by atoms with Gasteiger partial charge in [-0.15, -0.1) is 11.3 Å². The van der Waals surface area contributed by atoms with E-state index in [1.807, 2.05) is 19.3 Å². The molecule has 94 valence electrons. The Morgan fingerprint density at radius 2 is 1.83 bits per heavy atom. The van der Waals surface area contributed by atoms with Crippen molar-refractivity contribution in [1.82, 2.24) is 15.0 Å². The van der Waals surface area contributed by atoms with Gasteiger partial charge in [-0.25, -0.2) is 15.0 Å². The van der Waals surface area contributed by atoms with E-state index in [-0.39, 0.29) is 0 Å². The van der Waals surface area contributed by atoms with Crippen LogP contribution in [-0.4, -0.2) is 15.0 Å². The van der Waals surface area contributed by atoms with Crippen LogP contribution in [0.4, 0.5) is 0 Å². The molecule has 0 radical (unpaired) electrons. The van der Waals surface area contributed by atoms with Crippen LogP contribution in [0.2, 0.25) is 0 Å². The molecule has 1 saturated carbocycles. The van der Waals surface area contributed by atoms with Crippen LogP contribution >= 0.6 is 11.3 Å². The number of rotatable bonds is 2. The minimum Gasteiger partial charge on any atom is -0.241 e. The summed E-state index contributed by atoms with van der Waals surface area (Å²) in [7, 11) is 0. The number of hydrogen-bond donors (Lipinski definition) is 0. The van der Waals surface area contributed by atoms with Gasteiger partial charge in [0.15, 0.2) is 0 Å². The normalized spacial score (nSPS) is 16.9. The molecule has 1 fully saturated rings. The predicted octanol–water partition coefficient (Wildman–Crippen LogP) is 3.96.